The fourth-order valence-electron chi connectivity index (χ4n) is 2.28. The van der Waals surface area contributed by atoms with Crippen LogP contribution in [0, 0.1) is 10.1 Å². The van der Waals surface area contributed by atoms with Crippen molar-refractivity contribution in [2.24, 2.45) is 0 Å². The summed E-state index contributed by atoms with van der Waals surface area (Å²) in [5.74, 6) is -1.30. The maximum absolute atomic E-state index is 12.2. The topological polar surface area (TPSA) is 99.0 Å². The minimum absolute atomic E-state index is 0.0129. The molecule has 0 aliphatic rings. The van der Waals surface area contributed by atoms with E-state index < -0.39 is 23.4 Å². The molecule has 10 heteroatoms. The Morgan fingerprint density at radius 1 is 1.14 bits per heavy atom. The predicted molar refractivity (Wildman–Crippen MR) is 103 cm³/mol. The number of hydrogen-bond acceptors (Lipinski definition) is 6. The molecular formula is C18H16Cl2N2O6. The Hall–Kier alpha value is -2.84. The van der Waals surface area contributed by atoms with Crippen LogP contribution in [-0.2, 0) is 16.1 Å². The molecule has 1 amide bonds. The van der Waals surface area contributed by atoms with Crippen LogP contribution in [0.2, 0.25) is 10.0 Å². The Morgan fingerprint density at radius 3 is 2.46 bits per heavy atom. The van der Waals surface area contributed by atoms with Crippen molar-refractivity contribution in [3.8, 4) is 5.75 Å². The molecule has 0 N–H and O–H groups in total. The van der Waals surface area contributed by atoms with E-state index in [2.05, 4.69) is 0 Å². The summed E-state index contributed by atoms with van der Waals surface area (Å²) in [4.78, 5) is 36.0. The summed E-state index contributed by atoms with van der Waals surface area (Å²) in [6.45, 7) is -0.280. The van der Waals surface area contributed by atoms with E-state index in [4.69, 9.17) is 32.7 Å². The van der Waals surface area contributed by atoms with Crippen LogP contribution in [0.5, 0.6) is 5.75 Å². The molecule has 0 bridgehead atoms. The smallest absolute Gasteiger partial charge is 0.338 e. The number of hydrogen-bond donors (Lipinski definition) is 0. The van der Waals surface area contributed by atoms with Gasteiger partial charge in [-0.1, -0.05) is 29.3 Å². The highest BCUT2D eigenvalue weighted by molar-refractivity contribution is 6.42. The largest absolute Gasteiger partial charge is 0.490 e. The predicted octanol–water partition coefficient (Wildman–Crippen LogP) is 3.73. The van der Waals surface area contributed by atoms with Gasteiger partial charge in [-0.25, -0.2) is 4.79 Å². The molecule has 0 radical (unpaired) electrons. The second-order valence-electron chi connectivity index (χ2n) is 5.72. The number of amides is 1. The van der Waals surface area contributed by atoms with Crippen molar-refractivity contribution >= 4 is 40.8 Å². The van der Waals surface area contributed by atoms with Gasteiger partial charge in [0, 0.05) is 19.7 Å². The van der Waals surface area contributed by atoms with Gasteiger partial charge in [0.25, 0.3) is 5.91 Å². The van der Waals surface area contributed by atoms with Crippen molar-refractivity contribution in [2.45, 2.75) is 6.54 Å². The Balaban J connectivity index is 1.97. The van der Waals surface area contributed by atoms with Crippen molar-refractivity contribution in [1.82, 2.24) is 4.90 Å². The molecule has 0 heterocycles. The lowest BCUT2D eigenvalue weighted by Crippen LogP contribution is -2.30. The van der Waals surface area contributed by atoms with Gasteiger partial charge in [0.05, 0.1) is 27.6 Å². The number of methoxy groups -OCH3 is 1. The molecule has 0 aliphatic carbocycles. The highest BCUT2D eigenvalue weighted by Crippen LogP contribution is 2.27. The molecule has 0 fully saturated rings. The first-order valence-corrected chi connectivity index (χ1v) is 8.66. The third-order valence-corrected chi connectivity index (χ3v) is 4.51. The molecule has 0 saturated carbocycles. The van der Waals surface area contributed by atoms with E-state index in [0.29, 0.717) is 10.0 Å². The fraction of sp³-hybridized carbons (Fsp3) is 0.222. The number of carbonyl (C=O) groups excluding carboxylic acids is 2. The van der Waals surface area contributed by atoms with Crippen LogP contribution in [0.4, 0.5) is 5.69 Å². The molecule has 2 aromatic rings. The molecule has 8 nitrogen and oxygen atoms in total. The number of esters is 1. The van der Waals surface area contributed by atoms with Gasteiger partial charge in [-0.3, -0.25) is 14.9 Å². The van der Waals surface area contributed by atoms with Gasteiger partial charge < -0.3 is 14.4 Å². The molecule has 0 saturated heterocycles. The normalized spacial score (nSPS) is 10.3. The van der Waals surface area contributed by atoms with Gasteiger partial charge in [-0.15, -0.1) is 0 Å². The van der Waals surface area contributed by atoms with Crippen LogP contribution in [-0.4, -0.2) is 42.5 Å². The molecule has 148 valence electrons. The maximum atomic E-state index is 12.2. The van der Waals surface area contributed by atoms with Gasteiger partial charge in [-0.05, 0) is 29.8 Å². The first-order valence-electron chi connectivity index (χ1n) is 7.90. The second-order valence-corrected chi connectivity index (χ2v) is 6.53. The van der Waals surface area contributed by atoms with Crippen molar-refractivity contribution in [3.05, 3.63) is 67.7 Å². The van der Waals surface area contributed by atoms with Gasteiger partial charge in [0.1, 0.15) is 0 Å². The van der Waals surface area contributed by atoms with Gasteiger partial charge in [-0.2, -0.15) is 0 Å². The van der Waals surface area contributed by atoms with E-state index in [1.807, 2.05) is 0 Å². The third kappa shape index (κ3) is 5.34. The molecular weight excluding hydrogens is 411 g/mol. The lowest BCUT2D eigenvalue weighted by molar-refractivity contribution is -0.385. The highest BCUT2D eigenvalue weighted by atomic mass is 35.5. The quantitative estimate of drug-likeness (QED) is 0.379. The number of rotatable bonds is 7. The number of nitro groups is 1. The number of nitrogens with zero attached hydrogens (tertiary/aromatic N) is 2. The van der Waals surface area contributed by atoms with E-state index in [0.717, 1.165) is 11.6 Å². The van der Waals surface area contributed by atoms with E-state index in [1.54, 1.807) is 18.2 Å². The third-order valence-electron chi connectivity index (χ3n) is 3.77. The van der Waals surface area contributed by atoms with E-state index in [-0.39, 0.29) is 23.5 Å². The van der Waals surface area contributed by atoms with Crippen LogP contribution >= 0.6 is 23.2 Å². The molecule has 0 spiro atoms. The minimum Gasteiger partial charge on any atom is -0.490 e. The lowest BCUT2D eigenvalue weighted by atomic mass is 10.2. The van der Waals surface area contributed by atoms with Gasteiger partial charge in [0.2, 0.25) is 0 Å². The Bertz CT molecular complexity index is 919. The van der Waals surface area contributed by atoms with Crippen LogP contribution in [0.3, 0.4) is 0 Å². The summed E-state index contributed by atoms with van der Waals surface area (Å²) in [5.41, 5.74) is 0.315. The first kappa shape index (κ1) is 21.5. The molecule has 0 aliphatic heterocycles. The molecule has 0 aromatic heterocycles. The first-order chi connectivity index (χ1) is 13.2. The number of halogens is 2. The van der Waals surface area contributed by atoms with Crippen molar-refractivity contribution < 1.29 is 24.0 Å². The number of carbonyl (C=O) groups is 2. The van der Waals surface area contributed by atoms with Crippen LogP contribution in [0.15, 0.2) is 36.4 Å². The maximum Gasteiger partial charge on any atom is 0.338 e. The molecule has 2 aromatic carbocycles. The molecule has 2 rings (SSSR count). The Morgan fingerprint density at radius 2 is 1.86 bits per heavy atom. The van der Waals surface area contributed by atoms with E-state index >= 15 is 0 Å². The van der Waals surface area contributed by atoms with Crippen molar-refractivity contribution in [1.29, 1.82) is 0 Å². The lowest BCUT2D eigenvalue weighted by Gasteiger charge is -2.17. The second kappa shape index (κ2) is 9.38. The minimum atomic E-state index is -0.859. The zero-order valence-corrected chi connectivity index (χ0v) is 16.5. The van der Waals surface area contributed by atoms with Crippen LogP contribution in [0.1, 0.15) is 15.9 Å². The number of likely N-dealkylation sites (N-methyl/N-ethyl adjacent to an activating group) is 1. The number of benzene rings is 2. The summed E-state index contributed by atoms with van der Waals surface area (Å²) in [6.07, 6.45) is 0. The van der Waals surface area contributed by atoms with Gasteiger partial charge in [0.15, 0.2) is 12.4 Å². The van der Waals surface area contributed by atoms with Crippen LogP contribution in [0.25, 0.3) is 0 Å². The highest BCUT2D eigenvalue weighted by Gasteiger charge is 2.20. The molecule has 0 atom stereocenters. The Kier molecular flexibility index (Phi) is 7.19. The zero-order valence-electron chi connectivity index (χ0n) is 15.0. The fourth-order valence-corrected chi connectivity index (χ4v) is 2.60. The summed E-state index contributed by atoms with van der Waals surface area (Å²) in [6, 6.07) is 8.61. The average molecular weight is 427 g/mol. The summed E-state index contributed by atoms with van der Waals surface area (Å²) < 4.78 is 9.83. The Labute approximate surface area is 170 Å². The van der Waals surface area contributed by atoms with E-state index in [1.165, 1.54) is 31.2 Å². The monoisotopic (exact) mass is 426 g/mol. The average Bonchev–Trinajstić information content (AvgIpc) is 2.67. The summed E-state index contributed by atoms with van der Waals surface area (Å²) >= 11 is 11.8. The SMILES string of the molecule is COc1ccc(C(=O)OCC(=O)N(C)Cc2ccc(Cl)c(Cl)c2)cc1[N+](=O)[O-]. The van der Waals surface area contributed by atoms with Crippen molar-refractivity contribution in [2.75, 3.05) is 20.8 Å². The summed E-state index contributed by atoms with van der Waals surface area (Å²) in [7, 11) is 2.82. The van der Waals surface area contributed by atoms with E-state index in [9.17, 15) is 19.7 Å². The zero-order chi connectivity index (χ0) is 20.8. The van der Waals surface area contributed by atoms with Gasteiger partial charge >= 0.3 is 11.7 Å². The molecule has 28 heavy (non-hydrogen) atoms. The molecule has 0 unspecified atom stereocenters. The number of ether oxygens (including phenoxy) is 2. The number of nitro benzene ring substituents is 1. The van der Waals surface area contributed by atoms with Crippen LogP contribution < -0.4 is 4.74 Å². The van der Waals surface area contributed by atoms with Crippen molar-refractivity contribution in [3.63, 3.8) is 0 Å². The summed E-state index contributed by atoms with van der Waals surface area (Å²) in [5, 5.41) is 11.8. The standard InChI is InChI=1S/C18H16Cl2N2O6/c1-21(9-11-3-5-13(19)14(20)7-11)17(23)10-28-18(24)12-4-6-16(27-2)15(8-12)22(25)26/h3-8H,9-10H2,1-2H3.